The molecule has 1 atom stereocenters. The molecule has 0 saturated heterocycles. The van der Waals surface area contributed by atoms with E-state index in [9.17, 15) is 4.79 Å². The maximum atomic E-state index is 11.6. The van der Waals surface area contributed by atoms with Crippen molar-refractivity contribution in [2.45, 2.75) is 12.3 Å². The average Bonchev–Trinajstić information content (AvgIpc) is 2.08. The number of rotatable bonds is 2. The first-order valence-electron chi connectivity index (χ1n) is 3.65. The molecule has 4 heteroatoms. The van der Waals surface area contributed by atoms with E-state index in [0.29, 0.717) is 5.56 Å². The van der Waals surface area contributed by atoms with E-state index in [1.165, 1.54) is 0 Å². The van der Waals surface area contributed by atoms with E-state index < -0.39 is 5.38 Å². The van der Waals surface area contributed by atoms with Crippen LogP contribution in [0.5, 0.6) is 0 Å². The van der Waals surface area contributed by atoms with E-state index in [1.54, 1.807) is 6.92 Å². The van der Waals surface area contributed by atoms with Gasteiger partial charge >= 0.3 is 0 Å². The van der Waals surface area contributed by atoms with Gasteiger partial charge in [-0.2, -0.15) is 0 Å². The van der Waals surface area contributed by atoms with E-state index in [0.717, 1.165) is 8.04 Å². The van der Waals surface area contributed by atoms with Crippen LogP contribution in [0.1, 0.15) is 17.3 Å². The highest BCUT2D eigenvalue weighted by atomic mass is 127. The summed E-state index contributed by atoms with van der Waals surface area (Å²) in [5, 5.41) is -0.477. The molecule has 1 aromatic rings. The van der Waals surface area contributed by atoms with Gasteiger partial charge in [-0.3, -0.25) is 4.79 Å². The van der Waals surface area contributed by atoms with Crippen LogP contribution < -0.4 is 0 Å². The molecule has 0 fully saturated rings. The van der Waals surface area contributed by atoms with E-state index >= 15 is 0 Å². The Balaban J connectivity index is 3.13. The summed E-state index contributed by atoms with van der Waals surface area (Å²) in [6.45, 7) is 1.68. The molecule has 0 aromatic heterocycles. The van der Waals surface area contributed by atoms with Crippen LogP contribution in [0.25, 0.3) is 0 Å². The van der Waals surface area contributed by atoms with Crippen molar-refractivity contribution in [2.75, 3.05) is 0 Å². The first-order chi connectivity index (χ1) is 6.02. The molecule has 0 heterocycles. The fourth-order valence-electron chi connectivity index (χ4n) is 0.901. The van der Waals surface area contributed by atoms with Gasteiger partial charge < -0.3 is 0 Å². The Bertz CT molecular complexity index is 338. The molecule has 1 unspecified atom stereocenters. The predicted molar refractivity (Wildman–Crippen MR) is 66.5 cm³/mol. The molecule has 1 rings (SSSR count). The molecule has 1 aromatic carbocycles. The number of carbonyl (C=O) groups is 1. The predicted octanol–water partition coefficient (Wildman–Crippen LogP) is 3.86. The minimum atomic E-state index is -0.477. The highest BCUT2D eigenvalue weighted by molar-refractivity contribution is 14.1. The Morgan fingerprint density at radius 1 is 1.62 bits per heavy atom. The van der Waals surface area contributed by atoms with Crippen molar-refractivity contribution >= 4 is 55.9 Å². The van der Waals surface area contributed by atoms with Crippen LogP contribution in [0.15, 0.2) is 22.7 Å². The number of ketones is 1. The van der Waals surface area contributed by atoms with Crippen molar-refractivity contribution in [3.8, 4) is 0 Å². The van der Waals surface area contributed by atoms with Gasteiger partial charge in [-0.15, -0.1) is 11.6 Å². The Kier molecular flexibility index (Phi) is 4.19. The number of hydrogen-bond acceptors (Lipinski definition) is 1. The molecule has 0 aliphatic rings. The maximum absolute atomic E-state index is 11.6. The van der Waals surface area contributed by atoms with Gasteiger partial charge in [0.2, 0.25) is 0 Å². The number of alkyl halides is 1. The van der Waals surface area contributed by atoms with Gasteiger partial charge in [0.1, 0.15) is 0 Å². The van der Waals surface area contributed by atoms with Crippen molar-refractivity contribution in [3.63, 3.8) is 0 Å². The summed E-state index contributed by atoms with van der Waals surface area (Å²) in [7, 11) is 0. The molecule has 0 bridgehead atoms. The van der Waals surface area contributed by atoms with Crippen molar-refractivity contribution in [2.24, 2.45) is 0 Å². The van der Waals surface area contributed by atoms with E-state index in [2.05, 4.69) is 38.5 Å². The van der Waals surface area contributed by atoms with Crippen molar-refractivity contribution in [3.05, 3.63) is 31.8 Å². The number of benzene rings is 1. The van der Waals surface area contributed by atoms with Crippen molar-refractivity contribution in [1.82, 2.24) is 0 Å². The van der Waals surface area contributed by atoms with E-state index in [4.69, 9.17) is 11.6 Å². The lowest BCUT2D eigenvalue weighted by Gasteiger charge is -2.05. The lowest BCUT2D eigenvalue weighted by Crippen LogP contribution is -2.11. The van der Waals surface area contributed by atoms with Crippen LogP contribution >= 0.6 is 50.1 Å². The van der Waals surface area contributed by atoms with Crippen LogP contribution in [-0.2, 0) is 0 Å². The smallest absolute Gasteiger partial charge is 0.181 e. The van der Waals surface area contributed by atoms with Crippen molar-refractivity contribution in [1.29, 1.82) is 0 Å². The average molecular weight is 373 g/mol. The van der Waals surface area contributed by atoms with Gasteiger partial charge in [0.25, 0.3) is 0 Å². The number of Topliss-reactive ketones (excluding diaryl/α,β-unsaturated/α-hetero) is 1. The highest BCUT2D eigenvalue weighted by Gasteiger charge is 2.15. The third-order valence-electron chi connectivity index (χ3n) is 1.56. The van der Waals surface area contributed by atoms with Gasteiger partial charge in [-0.25, -0.2) is 0 Å². The van der Waals surface area contributed by atoms with E-state index in [-0.39, 0.29) is 5.78 Å². The Morgan fingerprint density at radius 2 is 2.23 bits per heavy atom. The normalized spacial score (nSPS) is 12.6. The molecule has 0 amide bonds. The van der Waals surface area contributed by atoms with Gasteiger partial charge in [0.15, 0.2) is 5.78 Å². The standard InChI is InChI=1S/C9H7BrClIO/c1-5(11)9(13)7-4-6(12)2-3-8(7)10/h2-5H,1H3. The summed E-state index contributed by atoms with van der Waals surface area (Å²) in [6.07, 6.45) is 0. The zero-order valence-corrected chi connectivity index (χ0v) is 11.4. The Morgan fingerprint density at radius 3 is 2.77 bits per heavy atom. The second kappa shape index (κ2) is 4.75. The molecule has 0 aliphatic heterocycles. The Labute approximate surface area is 104 Å². The molecule has 0 radical (unpaired) electrons. The zero-order chi connectivity index (χ0) is 10.0. The molecule has 0 N–H and O–H groups in total. The third kappa shape index (κ3) is 2.92. The fraction of sp³-hybridized carbons (Fsp3) is 0.222. The second-order valence-electron chi connectivity index (χ2n) is 2.60. The van der Waals surface area contributed by atoms with Gasteiger partial charge in [-0.05, 0) is 47.7 Å². The van der Waals surface area contributed by atoms with E-state index in [1.807, 2.05) is 18.2 Å². The highest BCUT2D eigenvalue weighted by Crippen LogP contribution is 2.21. The minimum absolute atomic E-state index is 0.0490. The largest absolute Gasteiger partial charge is 0.292 e. The molecule has 1 nitrogen and oxygen atoms in total. The molecule has 13 heavy (non-hydrogen) atoms. The molecule has 70 valence electrons. The third-order valence-corrected chi connectivity index (χ3v) is 3.12. The molecular weight excluding hydrogens is 366 g/mol. The first kappa shape index (κ1) is 11.5. The molecule has 0 aliphatic carbocycles. The summed E-state index contributed by atoms with van der Waals surface area (Å²) in [5.41, 5.74) is 0.648. The SMILES string of the molecule is CC(Cl)C(=O)c1cc(I)ccc1Br. The fourth-order valence-corrected chi connectivity index (χ4v) is 1.95. The Hall–Kier alpha value is 0.390. The summed E-state index contributed by atoms with van der Waals surface area (Å²) in [6, 6.07) is 5.61. The van der Waals surface area contributed by atoms with Crippen molar-refractivity contribution < 1.29 is 4.79 Å². The van der Waals surface area contributed by atoms with Crippen LogP contribution in [0.4, 0.5) is 0 Å². The van der Waals surface area contributed by atoms with Crippen LogP contribution in [-0.4, -0.2) is 11.2 Å². The van der Waals surface area contributed by atoms with Crippen LogP contribution in [0.2, 0.25) is 0 Å². The van der Waals surface area contributed by atoms with Crippen LogP contribution in [0.3, 0.4) is 0 Å². The molecule has 0 saturated carbocycles. The second-order valence-corrected chi connectivity index (χ2v) is 5.36. The summed E-state index contributed by atoms with van der Waals surface area (Å²) in [5.74, 6) is -0.0490. The minimum Gasteiger partial charge on any atom is -0.292 e. The van der Waals surface area contributed by atoms with Gasteiger partial charge in [0, 0.05) is 13.6 Å². The monoisotopic (exact) mass is 372 g/mol. The summed E-state index contributed by atoms with van der Waals surface area (Å²) < 4.78 is 1.83. The number of hydrogen-bond donors (Lipinski definition) is 0. The van der Waals surface area contributed by atoms with Gasteiger partial charge in [-0.1, -0.05) is 15.9 Å². The molecule has 0 spiro atoms. The lowest BCUT2D eigenvalue weighted by molar-refractivity contribution is 0.0991. The number of carbonyl (C=O) groups excluding carboxylic acids is 1. The number of halogens is 3. The summed E-state index contributed by atoms with van der Waals surface area (Å²) in [4.78, 5) is 11.6. The van der Waals surface area contributed by atoms with Gasteiger partial charge in [0.05, 0.1) is 5.38 Å². The lowest BCUT2D eigenvalue weighted by atomic mass is 10.1. The quantitative estimate of drug-likeness (QED) is 0.437. The first-order valence-corrected chi connectivity index (χ1v) is 5.96. The topological polar surface area (TPSA) is 17.1 Å². The molecular formula is C9H7BrClIO. The zero-order valence-electron chi connectivity index (χ0n) is 6.85. The summed E-state index contributed by atoms with van der Waals surface area (Å²) >= 11 is 11.2. The maximum Gasteiger partial charge on any atom is 0.181 e. The van der Waals surface area contributed by atoms with Crippen LogP contribution in [0, 0.1) is 3.57 Å².